The zero-order valence-electron chi connectivity index (χ0n) is 12.0. The fourth-order valence-corrected chi connectivity index (χ4v) is 3.13. The van der Waals surface area contributed by atoms with E-state index in [-0.39, 0.29) is 5.91 Å². The maximum atomic E-state index is 12.3. The van der Waals surface area contributed by atoms with E-state index in [1.54, 1.807) is 17.9 Å². The van der Waals surface area contributed by atoms with Crippen LogP contribution in [0.1, 0.15) is 35.5 Å². The van der Waals surface area contributed by atoms with Crippen LogP contribution >= 0.6 is 0 Å². The minimum absolute atomic E-state index is 0.174. The number of aliphatic hydroxyl groups is 2. The Morgan fingerprint density at radius 3 is 2.76 bits per heavy atom. The number of hydrogen-bond donors (Lipinski definition) is 2. The highest BCUT2D eigenvalue weighted by molar-refractivity contribution is 5.92. The van der Waals surface area contributed by atoms with E-state index in [9.17, 15) is 15.0 Å². The van der Waals surface area contributed by atoms with Crippen molar-refractivity contribution in [2.24, 2.45) is 0 Å². The summed E-state index contributed by atoms with van der Waals surface area (Å²) in [7, 11) is 0. The Hall–Kier alpha value is -1.44. The van der Waals surface area contributed by atoms with Crippen molar-refractivity contribution in [1.29, 1.82) is 0 Å². The maximum Gasteiger partial charge on any atom is 0.276 e. The van der Waals surface area contributed by atoms with Crippen LogP contribution in [0.5, 0.6) is 0 Å². The van der Waals surface area contributed by atoms with E-state index >= 15 is 0 Å². The average Bonchev–Trinajstić information content (AvgIpc) is 2.91. The van der Waals surface area contributed by atoms with Crippen molar-refractivity contribution in [1.82, 2.24) is 10.1 Å². The molecule has 116 valence electrons. The first-order valence-corrected chi connectivity index (χ1v) is 7.24. The molecule has 7 nitrogen and oxygen atoms in total. The molecule has 3 heterocycles. The van der Waals surface area contributed by atoms with Gasteiger partial charge < -0.3 is 24.4 Å². The lowest BCUT2D eigenvalue weighted by Crippen LogP contribution is -2.60. The van der Waals surface area contributed by atoms with Gasteiger partial charge in [0.05, 0.1) is 18.3 Å². The highest BCUT2D eigenvalue weighted by Crippen LogP contribution is 2.35. The molecule has 0 aromatic carbocycles. The third kappa shape index (κ3) is 2.56. The molecule has 0 aliphatic carbocycles. The maximum absolute atomic E-state index is 12.3. The Morgan fingerprint density at radius 1 is 1.43 bits per heavy atom. The van der Waals surface area contributed by atoms with Gasteiger partial charge in [0.2, 0.25) is 0 Å². The second-order valence-electron chi connectivity index (χ2n) is 5.83. The van der Waals surface area contributed by atoms with Crippen molar-refractivity contribution in [3.63, 3.8) is 0 Å². The molecule has 3 rings (SSSR count). The number of ether oxygens (including phenoxy) is 1. The molecule has 2 atom stereocenters. The second kappa shape index (κ2) is 5.40. The van der Waals surface area contributed by atoms with Gasteiger partial charge in [-0.25, -0.2) is 0 Å². The normalized spacial score (nSPS) is 28.8. The quantitative estimate of drug-likeness (QED) is 0.763. The van der Waals surface area contributed by atoms with Gasteiger partial charge in [-0.2, -0.15) is 0 Å². The number of aryl methyl sites for hydroxylation is 1. The van der Waals surface area contributed by atoms with Crippen molar-refractivity contribution < 1.29 is 24.3 Å². The summed E-state index contributed by atoms with van der Waals surface area (Å²) in [5.74, 6) is 0.425. The van der Waals surface area contributed by atoms with Crippen LogP contribution in [-0.2, 0) is 4.74 Å². The molecule has 0 radical (unpaired) electrons. The molecule has 2 N–H and O–H groups in total. The largest absolute Gasteiger partial charge is 0.390 e. The fourth-order valence-electron chi connectivity index (χ4n) is 3.13. The Balaban J connectivity index is 1.66. The van der Waals surface area contributed by atoms with E-state index in [0.717, 1.165) is 0 Å². The number of carbonyl (C=O) groups excluding carboxylic acids is 1. The third-order valence-electron chi connectivity index (χ3n) is 4.45. The molecule has 1 aromatic rings. The van der Waals surface area contributed by atoms with Gasteiger partial charge in [0, 0.05) is 19.2 Å². The number of piperidine rings is 1. The van der Waals surface area contributed by atoms with Gasteiger partial charge in [-0.3, -0.25) is 4.79 Å². The van der Waals surface area contributed by atoms with Gasteiger partial charge in [-0.05, 0) is 26.2 Å². The third-order valence-corrected chi connectivity index (χ3v) is 4.45. The summed E-state index contributed by atoms with van der Waals surface area (Å²) < 4.78 is 10.7. The van der Waals surface area contributed by atoms with E-state index in [1.165, 1.54) is 0 Å². The molecule has 2 aliphatic heterocycles. The molecule has 1 spiro atoms. The lowest BCUT2D eigenvalue weighted by Gasteiger charge is -2.48. The Bertz CT molecular complexity index is 521. The Morgan fingerprint density at radius 2 is 2.14 bits per heavy atom. The molecule has 7 heteroatoms. The molecule has 0 unspecified atom stereocenters. The van der Waals surface area contributed by atoms with Gasteiger partial charge >= 0.3 is 0 Å². The van der Waals surface area contributed by atoms with Gasteiger partial charge in [0.25, 0.3) is 5.91 Å². The number of rotatable bonds is 1. The predicted octanol–water partition coefficient (Wildman–Crippen LogP) is 0.0999. The van der Waals surface area contributed by atoms with Crippen LogP contribution in [-0.4, -0.2) is 63.7 Å². The molecule has 2 aliphatic rings. The van der Waals surface area contributed by atoms with Crippen molar-refractivity contribution in [3.05, 3.63) is 17.5 Å². The zero-order valence-corrected chi connectivity index (χ0v) is 12.0. The van der Waals surface area contributed by atoms with E-state index in [0.29, 0.717) is 50.4 Å². The molecule has 0 bridgehead atoms. The van der Waals surface area contributed by atoms with Crippen LogP contribution in [0.25, 0.3) is 0 Å². The van der Waals surface area contributed by atoms with E-state index < -0.39 is 17.8 Å². The number of likely N-dealkylation sites (tertiary alicyclic amines) is 1. The summed E-state index contributed by atoms with van der Waals surface area (Å²) in [4.78, 5) is 14.0. The van der Waals surface area contributed by atoms with Crippen LogP contribution in [0.2, 0.25) is 0 Å². The number of amides is 1. The Labute approximate surface area is 122 Å². The van der Waals surface area contributed by atoms with Crippen molar-refractivity contribution in [2.45, 2.75) is 44.0 Å². The summed E-state index contributed by atoms with van der Waals surface area (Å²) in [6, 6.07) is 1.61. The van der Waals surface area contributed by atoms with Crippen molar-refractivity contribution >= 4 is 5.91 Å². The molecule has 1 aromatic heterocycles. The summed E-state index contributed by atoms with van der Waals surface area (Å²) in [5, 5.41) is 23.7. The number of nitrogens with zero attached hydrogens (tertiary/aromatic N) is 2. The zero-order chi connectivity index (χ0) is 15.0. The predicted molar refractivity (Wildman–Crippen MR) is 71.7 cm³/mol. The van der Waals surface area contributed by atoms with Gasteiger partial charge in [0.15, 0.2) is 5.69 Å². The highest BCUT2D eigenvalue weighted by Gasteiger charge is 2.48. The average molecular weight is 296 g/mol. The first kappa shape index (κ1) is 14.5. The SMILES string of the molecule is Cc1cc(C(=O)N2CCC3(CC2)OCC[C@H](O)[C@@H]3O)no1. The van der Waals surface area contributed by atoms with Crippen LogP contribution in [0, 0.1) is 6.92 Å². The van der Waals surface area contributed by atoms with Crippen molar-refractivity contribution in [2.75, 3.05) is 19.7 Å². The first-order valence-electron chi connectivity index (χ1n) is 7.24. The standard InChI is InChI=1S/C14H20N2O5/c1-9-8-10(15-21-9)13(19)16-5-3-14(4-6-16)12(18)11(17)2-7-20-14/h8,11-12,17-18H,2-7H2,1H3/t11-,12-/m0/s1. The van der Waals surface area contributed by atoms with Gasteiger partial charge in [-0.1, -0.05) is 5.16 Å². The lowest BCUT2D eigenvalue weighted by atomic mass is 9.80. The van der Waals surface area contributed by atoms with E-state index in [2.05, 4.69) is 5.16 Å². The summed E-state index contributed by atoms with van der Waals surface area (Å²) >= 11 is 0. The van der Waals surface area contributed by atoms with Crippen LogP contribution < -0.4 is 0 Å². The fraction of sp³-hybridized carbons (Fsp3) is 0.714. The van der Waals surface area contributed by atoms with E-state index in [4.69, 9.17) is 9.26 Å². The first-order chi connectivity index (χ1) is 10.0. The number of aromatic nitrogens is 1. The number of carbonyl (C=O) groups is 1. The minimum Gasteiger partial charge on any atom is -0.390 e. The molecule has 0 saturated carbocycles. The summed E-state index contributed by atoms with van der Waals surface area (Å²) in [6.45, 7) is 3.11. The second-order valence-corrected chi connectivity index (χ2v) is 5.83. The van der Waals surface area contributed by atoms with Gasteiger partial charge in [0.1, 0.15) is 11.9 Å². The number of aliphatic hydroxyl groups excluding tert-OH is 2. The smallest absolute Gasteiger partial charge is 0.276 e. The topological polar surface area (TPSA) is 96.0 Å². The van der Waals surface area contributed by atoms with Gasteiger partial charge in [-0.15, -0.1) is 0 Å². The molecule has 1 amide bonds. The molecular formula is C14H20N2O5. The van der Waals surface area contributed by atoms with Crippen LogP contribution in [0.4, 0.5) is 0 Å². The summed E-state index contributed by atoms with van der Waals surface area (Å²) in [5.41, 5.74) is -0.428. The molecule has 2 fully saturated rings. The van der Waals surface area contributed by atoms with E-state index in [1.807, 2.05) is 0 Å². The Kier molecular flexibility index (Phi) is 3.73. The highest BCUT2D eigenvalue weighted by atomic mass is 16.5. The van der Waals surface area contributed by atoms with Crippen molar-refractivity contribution in [3.8, 4) is 0 Å². The summed E-state index contributed by atoms with van der Waals surface area (Å²) in [6.07, 6.45) is -0.178. The minimum atomic E-state index is -0.891. The molecular weight excluding hydrogens is 276 g/mol. The van der Waals surface area contributed by atoms with Crippen LogP contribution in [0.3, 0.4) is 0 Å². The molecule has 2 saturated heterocycles. The number of hydrogen-bond acceptors (Lipinski definition) is 6. The molecule has 21 heavy (non-hydrogen) atoms. The monoisotopic (exact) mass is 296 g/mol. The lowest BCUT2D eigenvalue weighted by molar-refractivity contribution is -0.212. The van der Waals surface area contributed by atoms with Crippen LogP contribution in [0.15, 0.2) is 10.6 Å².